The summed E-state index contributed by atoms with van der Waals surface area (Å²) in [5, 5.41) is 9.46. The van der Waals surface area contributed by atoms with Crippen LogP contribution in [0.15, 0.2) is 48.5 Å². The van der Waals surface area contributed by atoms with Crippen molar-refractivity contribution in [2.75, 3.05) is 26.2 Å². The van der Waals surface area contributed by atoms with Gasteiger partial charge in [0, 0.05) is 38.8 Å². The number of aliphatic hydroxyl groups excluding tert-OH is 1. The molecule has 0 radical (unpaired) electrons. The van der Waals surface area contributed by atoms with Crippen LogP contribution in [-0.2, 0) is 17.8 Å². The van der Waals surface area contributed by atoms with Gasteiger partial charge in [-0.25, -0.2) is 4.39 Å². The molecular weight excluding hydrogens is 343 g/mol. The molecule has 0 saturated carbocycles. The lowest BCUT2D eigenvalue weighted by Gasteiger charge is -2.41. The van der Waals surface area contributed by atoms with E-state index in [1.54, 1.807) is 12.1 Å². The summed E-state index contributed by atoms with van der Waals surface area (Å²) in [5.74, 6) is -0.106. The van der Waals surface area contributed by atoms with Crippen molar-refractivity contribution < 1.29 is 14.3 Å². The molecule has 0 unspecified atom stereocenters. The van der Waals surface area contributed by atoms with Crippen molar-refractivity contribution in [3.05, 3.63) is 71.0 Å². The van der Waals surface area contributed by atoms with E-state index in [0.717, 1.165) is 23.2 Å². The van der Waals surface area contributed by atoms with Crippen LogP contribution in [0.5, 0.6) is 0 Å². The number of aryl methyl sites for hydroxylation is 1. The van der Waals surface area contributed by atoms with E-state index >= 15 is 0 Å². The van der Waals surface area contributed by atoms with Gasteiger partial charge >= 0.3 is 0 Å². The second kappa shape index (κ2) is 9.11. The monoisotopic (exact) mass is 370 g/mol. The molecule has 1 fully saturated rings. The first-order valence-electron chi connectivity index (χ1n) is 9.48. The van der Waals surface area contributed by atoms with Gasteiger partial charge in [-0.2, -0.15) is 0 Å². The van der Waals surface area contributed by atoms with E-state index in [4.69, 9.17) is 0 Å². The summed E-state index contributed by atoms with van der Waals surface area (Å²) in [4.78, 5) is 17.0. The molecular formula is C22H27FN2O2. The fourth-order valence-corrected chi connectivity index (χ4v) is 3.66. The van der Waals surface area contributed by atoms with E-state index in [2.05, 4.69) is 4.90 Å². The number of hydrogen-bond acceptors (Lipinski definition) is 3. The molecule has 144 valence electrons. The van der Waals surface area contributed by atoms with Crippen LogP contribution in [-0.4, -0.2) is 53.1 Å². The van der Waals surface area contributed by atoms with Crippen LogP contribution in [0, 0.1) is 12.7 Å². The zero-order chi connectivity index (χ0) is 19.2. The average molecular weight is 370 g/mol. The molecule has 2 aromatic rings. The first-order valence-corrected chi connectivity index (χ1v) is 9.48. The first-order chi connectivity index (χ1) is 13.1. The van der Waals surface area contributed by atoms with Gasteiger partial charge in [0.1, 0.15) is 5.82 Å². The number of benzene rings is 2. The van der Waals surface area contributed by atoms with E-state index in [9.17, 15) is 14.3 Å². The lowest BCUT2D eigenvalue weighted by molar-refractivity contribution is -0.133. The van der Waals surface area contributed by atoms with E-state index in [1.165, 1.54) is 12.1 Å². The molecule has 0 bridgehead atoms. The standard InChI is InChI=1S/C22H27FN2O2/c1-17-4-2-3-5-19(17)14-22(27)25-12-11-24(21(16-25)10-13-26)15-18-6-8-20(23)9-7-18/h2-9,21,26H,10-16H2,1H3/t21-/m1/s1. The van der Waals surface area contributed by atoms with Crippen molar-refractivity contribution in [1.29, 1.82) is 0 Å². The molecule has 1 N–H and O–H groups in total. The SMILES string of the molecule is Cc1ccccc1CC(=O)N1CCN(Cc2ccc(F)cc2)[C@H](CCO)C1. The molecule has 3 rings (SSSR count). The van der Waals surface area contributed by atoms with Crippen molar-refractivity contribution in [2.24, 2.45) is 0 Å². The van der Waals surface area contributed by atoms with Gasteiger partial charge in [0.05, 0.1) is 6.42 Å². The number of halogens is 1. The molecule has 4 nitrogen and oxygen atoms in total. The third-order valence-electron chi connectivity index (χ3n) is 5.32. The predicted octanol–water partition coefficient (Wildman–Crippen LogP) is 2.77. The molecule has 5 heteroatoms. The van der Waals surface area contributed by atoms with Crippen molar-refractivity contribution in [2.45, 2.75) is 32.4 Å². The molecule has 1 atom stereocenters. The third-order valence-corrected chi connectivity index (χ3v) is 5.32. The Morgan fingerprint density at radius 1 is 1.15 bits per heavy atom. The minimum absolute atomic E-state index is 0.0877. The number of hydrogen-bond donors (Lipinski definition) is 1. The smallest absolute Gasteiger partial charge is 0.227 e. The highest BCUT2D eigenvalue weighted by atomic mass is 19.1. The van der Waals surface area contributed by atoms with Gasteiger partial charge in [-0.15, -0.1) is 0 Å². The normalized spacial score (nSPS) is 17.9. The van der Waals surface area contributed by atoms with Gasteiger partial charge in [0.25, 0.3) is 0 Å². The maximum absolute atomic E-state index is 13.1. The van der Waals surface area contributed by atoms with Gasteiger partial charge in [0.2, 0.25) is 5.91 Å². The number of carbonyl (C=O) groups is 1. The molecule has 1 amide bonds. The maximum Gasteiger partial charge on any atom is 0.227 e. The molecule has 1 aliphatic heterocycles. The quantitative estimate of drug-likeness (QED) is 0.850. The second-order valence-corrected chi connectivity index (χ2v) is 7.21. The third kappa shape index (κ3) is 5.15. The van der Waals surface area contributed by atoms with Gasteiger partial charge in [-0.1, -0.05) is 36.4 Å². The minimum atomic E-state index is -0.239. The number of amides is 1. The summed E-state index contributed by atoms with van der Waals surface area (Å²) >= 11 is 0. The van der Waals surface area contributed by atoms with Crippen LogP contribution in [0.1, 0.15) is 23.1 Å². The average Bonchev–Trinajstić information content (AvgIpc) is 2.67. The zero-order valence-electron chi connectivity index (χ0n) is 15.8. The van der Waals surface area contributed by atoms with Crippen molar-refractivity contribution in [1.82, 2.24) is 9.80 Å². The Bertz CT molecular complexity index is 763. The van der Waals surface area contributed by atoms with Crippen LogP contribution < -0.4 is 0 Å². The van der Waals surface area contributed by atoms with Gasteiger partial charge < -0.3 is 10.0 Å². The molecule has 1 aliphatic rings. The number of rotatable bonds is 6. The molecule has 1 saturated heterocycles. The van der Waals surface area contributed by atoms with Crippen molar-refractivity contribution >= 4 is 5.91 Å². The first kappa shape index (κ1) is 19.5. The highest BCUT2D eigenvalue weighted by Gasteiger charge is 2.29. The maximum atomic E-state index is 13.1. The Morgan fingerprint density at radius 2 is 1.89 bits per heavy atom. The summed E-state index contributed by atoms with van der Waals surface area (Å²) < 4.78 is 13.1. The molecule has 1 heterocycles. The molecule has 0 aromatic heterocycles. The zero-order valence-corrected chi connectivity index (χ0v) is 15.8. The molecule has 0 aliphatic carbocycles. The Labute approximate surface area is 160 Å². The van der Waals surface area contributed by atoms with E-state index in [-0.39, 0.29) is 24.4 Å². The Hall–Kier alpha value is -2.24. The van der Waals surface area contributed by atoms with Crippen LogP contribution in [0.3, 0.4) is 0 Å². The van der Waals surface area contributed by atoms with Crippen LogP contribution in [0.4, 0.5) is 4.39 Å². The number of aliphatic hydroxyl groups is 1. The lowest BCUT2D eigenvalue weighted by atomic mass is 10.0. The predicted molar refractivity (Wildman–Crippen MR) is 104 cm³/mol. The van der Waals surface area contributed by atoms with Crippen molar-refractivity contribution in [3.8, 4) is 0 Å². The summed E-state index contributed by atoms with van der Waals surface area (Å²) in [6.45, 7) is 4.86. The Morgan fingerprint density at radius 3 is 2.59 bits per heavy atom. The van der Waals surface area contributed by atoms with E-state index in [0.29, 0.717) is 32.5 Å². The van der Waals surface area contributed by atoms with Crippen LogP contribution in [0.25, 0.3) is 0 Å². The summed E-state index contributed by atoms with van der Waals surface area (Å²) in [7, 11) is 0. The van der Waals surface area contributed by atoms with Crippen LogP contribution >= 0.6 is 0 Å². The summed E-state index contributed by atoms with van der Waals surface area (Å²) in [5.41, 5.74) is 3.24. The Kier molecular flexibility index (Phi) is 6.58. The highest BCUT2D eigenvalue weighted by Crippen LogP contribution is 2.18. The Balaban J connectivity index is 1.63. The fraction of sp³-hybridized carbons (Fsp3) is 0.409. The molecule has 27 heavy (non-hydrogen) atoms. The fourth-order valence-electron chi connectivity index (χ4n) is 3.66. The van der Waals surface area contributed by atoms with E-state index in [1.807, 2.05) is 36.1 Å². The van der Waals surface area contributed by atoms with Crippen molar-refractivity contribution in [3.63, 3.8) is 0 Å². The lowest BCUT2D eigenvalue weighted by Crippen LogP contribution is -2.54. The van der Waals surface area contributed by atoms with E-state index < -0.39 is 0 Å². The van der Waals surface area contributed by atoms with Gasteiger partial charge in [0.15, 0.2) is 0 Å². The molecule has 2 aromatic carbocycles. The molecule has 0 spiro atoms. The summed E-state index contributed by atoms with van der Waals surface area (Å²) in [6, 6.07) is 14.6. The largest absolute Gasteiger partial charge is 0.396 e. The number of carbonyl (C=O) groups excluding carboxylic acids is 1. The summed E-state index contributed by atoms with van der Waals surface area (Å²) in [6.07, 6.45) is 1.03. The second-order valence-electron chi connectivity index (χ2n) is 7.21. The van der Waals surface area contributed by atoms with Gasteiger partial charge in [-0.05, 0) is 42.2 Å². The minimum Gasteiger partial charge on any atom is -0.396 e. The highest BCUT2D eigenvalue weighted by molar-refractivity contribution is 5.79. The van der Waals surface area contributed by atoms with Crippen LogP contribution in [0.2, 0.25) is 0 Å². The number of piperazine rings is 1. The number of nitrogens with zero attached hydrogens (tertiary/aromatic N) is 2. The van der Waals surface area contributed by atoms with Gasteiger partial charge in [-0.3, -0.25) is 9.69 Å². The topological polar surface area (TPSA) is 43.8 Å².